The second-order valence-electron chi connectivity index (χ2n) is 5.40. The van der Waals surface area contributed by atoms with E-state index in [1.165, 1.54) is 0 Å². The molecular formula is C13H16Cl2FNO3S. The van der Waals surface area contributed by atoms with Crippen LogP contribution in [0.15, 0.2) is 17.0 Å². The summed E-state index contributed by atoms with van der Waals surface area (Å²) in [5.41, 5.74) is -0.564. The smallest absolute Gasteiger partial charge is 0.262 e. The number of rotatable bonds is 5. The Balaban J connectivity index is 3.11. The maximum atomic E-state index is 13.8. The van der Waals surface area contributed by atoms with Gasteiger partial charge in [0.15, 0.2) is 0 Å². The van der Waals surface area contributed by atoms with Crippen molar-refractivity contribution in [3.05, 3.63) is 28.5 Å². The molecular weight excluding hydrogens is 340 g/mol. The van der Waals surface area contributed by atoms with Gasteiger partial charge in [-0.15, -0.1) is 0 Å². The number of carbonyl (C=O) groups excluding carboxylic acids is 1. The van der Waals surface area contributed by atoms with Crippen LogP contribution in [0, 0.1) is 11.2 Å². The first-order chi connectivity index (χ1) is 9.48. The van der Waals surface area contributed by atoms with Crippen molar-refractivity contribution in [1.29, 1.82) is 0 Å². The number of hydrogen-bond acceptors (Lipinski definition) is 3. The van der Waals surface area contributed by atoms with E-state index in [0.29, 0.717) is 6.54 Å². The van der Waals surface area contributed by atoms with E-state index in [1.807, 2.05) is 20.8 Å². The van der Waals surface area contributed by atoms with Crippen molar-refractivity contribution in [3.63, 3.8) is 0 Å². The summed E-state index contributed by atoms with van der Waals surface area (Å²) in [6.07, 6.45) is 0.817. The second kappa shape index (κ2) is 6.50. The van der Waals surface area contributed by atoms with Crippen LogP contribution < -0.4 is 5.32 Å². The van der Waals surface area contributed by atoms with Crippen molar-refractivity contribution in [1.82, 2.24) is 5.32 Å². The summed E-state index contributed by atoms with van der Waals surface area (Å²) in [4.78, 5) is 11.5. The van der Waals surface area contributed by atoms with Crippen LogP contribution in [0.2, 0.25) is 5.02 Å². The molecule has 0 aliphatic carbocycles. The summed E-state index contributed by atoms with van der Waals surface area (Å²) in [7, 11) is 1.04. The van der Waals surface area contributed by atoms with Crippen LogP contribution in [-0.2, 0) is 9.05 Å². The van der Waals surface area contributed by atoms with Gasteiger partial charge in [-0.1, -0.05) is 32.4 Å². The first-order valence-corrected chi connectivity index (χ1v) is 8.88. The maximum Gasteiger partial charge on any atom is 0.262 e. The SMILES string of the molecule is CCC(C)(C)CNC(=O)c1cc(S(=O)(=O)Cl)c(Cl)cc1F. The molecule has 0 aliphatic heterocycles. The molecule has 0 atom stereocenters. The summed E-state index contributed by atoms with van der Waals surface area (Å²) in [6, 6.07) is 1.60. The van der Waals surface area contributed by atoms with E-state index in [0.717, 1.165) is 18.6 Å². The van der Waals surface area contributed by atoms with E-state index in [1.54, 1.807) is 0 Å². The second-order valence-corrected chi connectivity index (χ2v) is 8.34. The molecule has 21 heavy (non-hydrogen) atoms. The monoisotopic (exact) mass is 355 g/mol. The molecule has 0 aliphatic rings. The zero-order valence-electron chi connectivity index (χ0n) is 11.8. The van der Waals surface area contributed by atoms with Crippen LogP contribution in [0.5, 0.6) is 0 Å². The summed E-state index contributed by atoms with van der Waals surface area (Å²) in [5, 5.41) is 2.20. The Morgan fingerprint density at radius 2 is 1.95 bits per heavy atom. The average Bonchev–Trinajstić information content (AvgIpc) is 2.34. The van der Waals surface area contributed by atoms with Crippen LogP contribution in [-0.4, -0.2) is 20.9 Å². The first kappa shape index (κ1) is 18.2. The minimum atomic E-state index is -4.16. The fourth-order valence-corrected chi connectivity index (χ4v) is 2.94. The lowest BCUT2D eigenvalue weighted by atomic mass is 9.90. The molecule has 0 bridgehead atoms. The molecule has 1 amide bonds. The van der Waals surface area contributed by atoms with Crippen LogP contribution in [0.25, 0.3) is 0 Å². The van der Waals surface area contributed by atoms with E-state index < -0.39 is 31.2 Å². The van der Waals surface area contributed by atoms with Crippen molar-refractivity contribution in [2.24, 2.45) is 5.41 Å². The summed E-state index contributed by atoms with van der Waals surface area (Å²) in [5.74, 6) is -1.62. The van der Waals surface area contributed by atoms with Crippen LogP contribution in [0.1, 0.15) is 37.6 Å². The zero-order valence-corrected chi connectivity index (χ0v) is 14.2. The average molecular weight is 356 g/mol. The third-order valence-electron chi connectivity index (χ3n) is 3.21. The number of carbonyl (C=O) groups is 1. The molecule has 0 unspecified atom stereocenters. The fraction of sp³-hybridized carbons (Fsp3) is 0.462. The molecule has 0 saturated heterocycles. The Hall–Kier alpha value is -0.850. The van der Waals surface area contributed by atoms with Crippen LogP contribution in [0.3, 0.4) is 0 Å². The molecule has 4 nitrogen and oxygen atoms in total. The van der Waals surface area contributed by atoms with E-state index >= 15 is 0 Å². The van der Waals surface area contributed by atoms with Gasteiger partial charge in [-0.05, 0) is 24.0 Å². The lowest BCUT2D eigenvalue weighted by molar-refractivity contribution is 0.0931. The standard InChI is InChI=1S/C13H16Cl2FNO3S/c1-4-13(2,3)7-17-12(18)8-5-11(21(15,19)20)9(14)6-10(8)16/h5-6H,4,7H2,1-3H3,(H,17,18). The molecule has 0 fully saturated rings. The van der Waals surface area contributed by atoms with Gasteiger partial charge >= 0.3 is 0 Å². The fourth-order valence-electron chi connectivity index (χ4n) is 1.43. The van der Waals surface area contributed by atoms with E-state index in [-0.39, 0.29) is 10.4 Å². The van der Waals surface area contributed by atoms with Crippen molar-refractivity contribution in [3.8, 4) is 0 Å². The van der Waals surface area contributed by atoms with Gasteiger partial charge in [-0.25, -0.2) is 12.8 Å². The highest BCUT2D eigenvalue weighted by atomic mass is 35.7. The van der Waals surface area contributed by atoms with E-state index in [2.05, 4.69) is 5.32 Å². The minimum absolute atomic E-state index is 0.153. The van der Waals surface area contributed by atoms with Gasteiger partial charge < -0.3 is 5.32 Å². The summed E-state index contributed by atoms with van der Waals surface area (Å²) in [6.45, 7) is 6.18. The van der Waals surface area contributed by atoms with Crippen molar-refractivity contribution in [2.45, 2.75) is 32.1 Å². The van der Waals surface area contributed by atoms with Gasteiger partial charge in [-0.3, -0.25) is 4.79 Å². The molecule has 8 heteroatoms. The molecule has 0 saturated carbocycles. The minimum Gasteiger partial charge on any atom is -0.351 e. The summed E-state index contributed by atoms with van der Waals surface area (Å²) >= 11 is 5.63. The molecule has 1 N–H and O–H groups in total. The third-order valence-corrected chi connectivity index (χ3v) is 5.00. The molecule has 0 radical (unpaired) electrons. The molecule has 0 spiro atoms. The highest BCUT2D eigenvalue weighted by Crippen LogP contribution is 2.28. The predicted octanol–water partition coefficient (Wildman–Crippen LogP) is 3.57. The van der Waals surface area contributed by atoms with Gasteiger partial charge in [0.2, 0.25) is 0 Å². The lowest BCUT2D eigenvalue weighted by Crippen LogP contribution is -2.34. The van der Waals surface area contributed by atoms with Gasteiger partial charge in [0.05, 0.1) is 10.6 Å². The number of amides is 1. The Kier molecular flexibility index (Phi) is 5.63. The van der Waals surface area contributed by atoms with Crippen molar-refractivity contribution >= 4 is 37.2 Å². The Labute approximate surface area is 133 Å². The molecule has 1 aromatic rings. The van der Waals surface area contributed by atoms with Gasteiger partial charge in [0.1, 0.15) is 10.7 Å². The molecule has 1 rings (SSSR count). The van der Waals surface area contributed by atoms with Gasteiger partial charge in [0.25, 0.3) is 15.0 Å². The summed E-state index contributed by atoms with van der Waals surface area (Å²) < 4.78 is 36.4. The van der Waals surface area contributed by atoms with Crippen LogP contribution >= 0.6 is 22.3 Å². The quantitative estimate of drug-likeness (QED) is 0.821. The van der Waals surface area contributed by atoms with E-state index in [4.69, 9.17) is 22.3 Å². The third kappa shape index (κ3) is 4.83. The number of halogens is 3. The van der Waals surface area contributed by atoms with Gasteiger partial charge in [-0.2, -0.15) is 0 Å². The number of benzene rings is 1. The van der Waals surface area contributed by atoms with Crippen molar-refractivity contribution in [2.75, 3.05) is 6.54 Å². The maximum absolute atomic E-state index is 13.8. The Bertz CT molecular complexity index is 660. The zero-order chi connectivity index (χ0) is 16.4. The highest BCUT2D eigenvalue weighted by molar-refractivity contribution is 8.13. The number of hydrogen-bond donors (Lipinski definition) is 1. The predicted molar refractivity (Wildman–Crippen MR) is 80.9 cm³/mol. The van der Waals surface area contributed by atoms with Gasteiger partial charge in [0, 0.05) is 17.2 Å². The normalized spacial score (nSPS) is 12.3. The largest absolute Gasteiger partial charge is 0.351 e. The number of nitrogens with one attached hydrogen (secondary N) is 1. The van der Waals surface area contributed by atoms with E-state index in [9.17, 15) is 17.6 Å². The Morgan fingerprint density at radius 3 is 2.43 bits per heavy atom. The molecule has 1 aromatic carbocycles. The van der Waals surface area contributed by atoms with Crippen molar-refractivity contribution < 1.29 is 17.6 Å². The van der Waals surface area contributed by atoms with Crippen LogP contribution in [0.4, 0.5) is 4.39 Å². The molecule has 0 heterocycles. The molecule has 118 valence electrons. The highest BCUT2D eigenvalue weighted by Gasteiger charge is 2.23. The topological polar surface area (TPSA) is 63.2 Å². The first-order valence-electron chi connectivity index (χ1n) is 6.20. The Morgan fingerprint density at radius 1 is 1.38 bits per heavy atom. The lowest BCUT2D eigenvalue weighted by Gasteiger charge is -2.23. The molecule has 0 aromatic heterocycles.